The van der Waals surface area contributed by atoms with E-state index in [2.05, 4.69) is 20.5 Å². The highest BCUT2D eigenvalue weighted by atomic mass is 127. The molecule has 0 saturated carbocycles. The Morgan fingerprint density at radius 2 is 1.93 bits per heavy atom. The van der Waals surface area contributed by atoms with Gasteiger partial charge in [-0.1, -0.05) is 30.3 Å². The van der Waals surface area contributed by atoms with Gasteiger partial charge in [-0.3, -0.25) is 14.7 Å². The van der Waals surface area contributed by atoms with Crippen LogP contribution in [0.2, 0.25) is 0 Å². The van der Waals surface area contributed by atoms with Crippen molar-refractivity contribution in [3.8, 4) is 0 Å². The van der Waals surface area contributed by atoms with E-state index < -0.39 is 0 Å². The number of rotatable bonds is 9. The van der Waals surface area contributed by atoms with Crippen molar-refractivity contribution in [2.24, 2.45) is 4.99 Å². The number of amides is 1. The number of guanidine groups is 1. The van der Waals surface area contributed by atoms with Crippen LogP contribution in [-0.4, -0.2) is 81.2 Å². The maximum absolute atomic E-state index is 12.3. The number of nitrogens with zero attached hydrogens (tertiary/aromatic N) is 3. The summed E-state index contributed by atoms with van der Waals surface area (Å²) in [6.45, 7) is 9.26. The number of hydrogen-bond acceptors (Lipinski definition) is 4. The SMILES string of the molecule is CCNC(=NCCN1CCOCC1)NCCC(=O)N(C)Cc1ccccc1.I. The van der Waals surface area contributed by atoms with Crippen LogP contribution >= 0.6 is 24.0 Å². The van der Waals surface area contributed by atoms with E-state index in [0.717, 1.165) is 57.5 Å². The monoisotopic (exact) mass is 503 g/mol. The summed E-state index contributed by atoms with van der Waals surface area (Å²) >= 11 is 0. The molecule has 0 atom stereocenters. The molecule has 1 amide bonds. The molecule has 2 N–H and O–H groups in total. The maximum atomic E-state index is 12.3. The minimum absolute atomic E-state index is 0. The van der Waals surface area contributed by atoms with Crippen LogP contribution in [0.25, 0.3) is 0 Å². The molecule has 0 unspecified atom stereocenters. The Bertz CT molecular complexity index is 579. The van der Waals surface area contributed by atoms with E-state index >= 15 is 0 Å². The topological polar surface area (TPSA) is 69.2 Å². The van der Waals surface area contributed by atoms with Crippen molar-refractivity contribution in [3.63, 3.8) is 0 Å². The molecule has 1 fully saturated rings. The van der Waals surface area contributed by atoms with Crippen molar-refractivity contribution in [1.29, 1.82) is 0 Å². The van der Waals surface area contributed by atoms with Gasteiger partial charge in [0.05, 0.1) is 19.8 Å². The van der Waals surface area contributed by atoms with E-state index in [1.807, 2.05) is 44.3 Å². The lowest BCUT2D eigenvalue weighted by Gasteiger charge is -2.25. The molecule has 2 rings (SSSR count). The predicted molar refractivity (Wildman–Crippen MR) is 124 cm³/mol. The molecule has 1 aliphatic rings. The number of benzene rings is 1. The third-order valence-corrected chi connectivity index (χ3v) is 4.45. The second-order valence-electron chi connectivity index (χ2n) is 6.63. The Morgan fingerprint density at radius 1 is 1.21 bits per heavy atom. The highest BCUT2D eigenvalue weighted by molar-refractivity contribution is 14.0. The normalized spacial score (nSPS) is 14.9. The van der Waals surface area contributed by atoms with E-state index in [4.69, 9.17) is 4.74 Å². The van der Waals surface area contributed by atoms with Gasteiger partial charge >= 0.3 is 0 Å². The van der Waals surface area contributed by atoms with Gasteiger partial charge in [-0.05, 0) is 12.5 Å². The first-order valence-corrected chi connectivity index (χ1v) is 9.79. The van der Waals surface area contributed by atoms with Crippen LogP contribution in [0.1, 0.15) is 18.9 Å². The highest BCUT2D eigenvalue weighted by Gasteiger charge is 2.11. The van der Waals surface area contributed by atoms with Crippen molar-refractivity contribution >= 4 is 35.8 Å². The molecule has 1 aliphatic heterocycles. The van der Waals surface area contributed by atoms with Crippen LogP contribution in [0.15, 0.2) is 35.3 Å². The zero-order valence-electron chi connectivity index (χ0n) is 17.0. The molecular formula is C20H34IN5O2. The second kappa shape index (κ2) is 14.6. The fourth-order valence-electron chi connectivity index (χ4n) is 2.89. The van der Waals surface area contributed by atoms with Crippen molar-refractivity contribution in [2.75, 3.05) is 59.5 Å². The van der Waals surface area contributed by atoms with E-state index in [-0.39, 0.29) is 29.9 Å². The molecule has 1 aromatic rings. The molecule has 0 spiro atoms. The van der Waals surface area contributed by atoms with Gasteiger partial charge in [-0.15, -0.1) is 24.0 Å². The van der Waals surface area contributed by atoms with Gasteiger partial charge in [0.15, 0.2) is 5.96 Å². The molecule has 158 valence electrons. The molecule has 0 radical (unpaired) electrons. The number of carbonyl (C=O) groups excluding carboxylic acids is 1. The van der Waals surface area contributed by atoms with Gasteiger partial charge in [0.1, 0.15) is 0 Å². The molecular weight excluding hydrogens is 469 g/mol. The molecule has 0 aromatic heterocycles. The van der Waals surface area contributed by atoms with Gasteiger partial charge in [-0.25, -0.2) is 0 Å². The van der Waals surface area contributed by atoms with Crippen molar-refractivity contribution in [2.45, 2.75) is 19.9 Å². The average Bonchev–Trinajstić information content (AvgIpc) is 2.69. The Labute approximate surface area is 185 Å². The Kier molecular flexibility index (Phi) is 12.8. The predicted octanol–water partition coefficient (Wildman–Crippen LogP) is 1.54. The molecule has 8 heteroatoms. The average molecular weight is 503 g/mol. The summed E-state index contributed by atoms with van der Waals surface area (Å²) in [5, 5.41) is 6.49. The summed E-state index contributed by atoms with van der Waals surface area (Å²) in [7, 11) is 1.84. The fraction of sp³-hybridized carbons (Fsp3) is 0.600. The van der Waals surface area contributed by atoms with E-state index in [1.54, 1.807) is 4.90 Å². The fourth-order valence-corrected chi connectivity index (χ4v) is 2.89. The standard InChI is InChI=1S/C20H33N5O2.HI/c1-3-21-20(23-11-12-25-13-15-27-16-14-25)22-10-9-19(26)24(2)17-18-7-5-4-6-8-18;/h4-8H,3,9-17H2,1-2H3,(H2,21,22,23);1H. The lowest BCUT2D eigenvalue weighted by molar-refractivity contribution is -0.130. The maximum Gasteiger partial charge on any atom is 0.224 e. The number of ether oxygens (including phenoxy) is 1. The Balaban J connectivity index is 0.00000392. The second-order valence-corrected chi connectivity index (χ2v) is 6.63. The van der Waals surface area contributed by atoms with Crippen molar-refractivity contribution in [1.82, 2.24) is 20.4 Å². The minimum atomic E-state index is 0. The van der Waals surface area contributed by atoms with Gasteiger partial charge in [0, 0.05) is 52.7 Å². The smallest absolute Gasteiger partial charge is 0.224 e. The number of aliphatic imine (C=N–C) groups is 1. The van der Waals surface area contributed by atoms with Crippen LogP contribution in [0.4, 0.5) is 0 Å². The summed E-state index contributed by atoms with van der Waals surface area (Å²) in [4.78, 5) is 21.0. The Morgan fingerprint density at radius 3 is 2.61 bits per heavy atom. The van der Waals surface area contributed by atoms with Crippen molar-refractivity contribution < 1.29 is 9.53 Å². The zero-order valence-corrected chi connectivity index (χ0v) is 19.4. The van der Waals surface area contributed by atoms with E-state index in [0.29, 0.717) is 19.5 Å². The van der Waals surface area contributed by atoms with E-state index in [9.17, 15) is 4.79 Å². The van der Waals surface area contributed by atoms with Crippen LogP contribution in [0.3, 0.4) is 0 Å². The first kappa shape index (κ1) is 24.6. The number of nitrogens with one attached hydrogen (secondary N) is 2. The lowest BCUT2D eigenvalue weighted by atomic mass is 10.2. The van der Waals surface area contributed by atoms with Crippen LogP contribution < -0.4 is 10.6 Å². The molecule has 0 aliphatic carbocycles. The van der Waals surface area contributed by atoms with E-state index in [1.165, 1.54) is 0 Å². The zero-order chi connectivity index (χ0) is 19.3. The van der Waals surface area contributed by atoms with Crippen LogP contribution in [0.5, 0.6) is 0 Å². The number of halogens is 1. The van der Waals surface area contributed by atoms with Crippen LogP contribution in [-0.2, 0) is 16.1 Å². The summed E-state index contributed by atoms with van der Waals surface area (Å²) in [5.41, 5.74) is 1.14. The summed E-state index contributed by atoms with van der Waals surface area (Å²) < 4.78 is 5.36. The van der Waals surface area contributed by atoms with Gasteiger partial charge in [-0.2, -0.15) is 0 Å². The summed E-state index contributed by atoms with van der Waals surface area (Å²) in [5.74, 6) is 0.889. The molecule has 1 aromatic carbocycles. The minimum Gasteiger partial charge on any atom is -0.379 e. The van der Waals surface area contributed by atoms with Crippen LogP contribution in [0, 0.1) is 0 Å². The third-order valence-electron chi connectivity index (χ3n) is 4.45. The lowest BCUT2D eigenvalue weighted by Crippen LogP contribution is -2.41. The number of hydrogen-bond donors (Lipinski definition) is 2. The first-order valence-electron chi connectivity index (χ1n) is 9.79. The first-order chi connectivity index (χ1) is 13.2. The molecule has 1 heterocycles. The van der Waals surface area contributed by atoms with Gasteiger partial charge in [0.25, 0.3) is 0 Å². The molecule has 7 nitrogen and oxygen atoms in total. The van der Waals surface area contributed by atoms with Gasteiger partial charge < -0.3 is 20.3 Å². The molecule has 28 heavy (non-hydrogen) atoms. The van der Waals surface area contributed by atoms with Gasteiger partial charge in [0.2, 0.25) is 5.91 Å². The summed E-state index contributed by atoms with van der Waals surface area (Å²) in [6.07, 6.45) is 0.442. The van der Waals surface area contributed by atoms with Crippen molar-refractivity contribution in [3.05, 3.63) is 35.9 Å². The summed E-state index contributed by atoms with van der Waals surface area (Å²) in [6, 6.07) is 10.0. The highest BCUT2D eigenvalue weighted by Crippen LogP contribution is 2.03. The molecule has 0 bridgehead atoms. The number of morpholine rings is 1. The quantitative estimate of drug-likeness (QED) is 0.304. The third kappa shape index (κ3) is 9.70. The largest absolute Gasteiger partial charge is 0.379 e. The Hall–Kier alpha value is -1.39. The molecule has 1 saturated heterocycles. The number of carbonyl (C=O) groups is 1.